The molecule has 0 atom stereocenters. The summed E-state index contributed by atoms with van der Waals surface area (Å²) >= 11 is 6.22. The number of ketones is 1. The van der Waals surface area contributed by atoms with Crippen LogP contribution in [0.15, 0.2) is 30.6 Å². The molecule has 0 spiro atoms. The van der Waals surface area contributed by atoms with Crippen LogP contribution in [0.4, 0.5) is 13.2 Å². The Balaban J connectivity index is 1.71. The fraction of sp³-hybridized carbons (Fsp3) is 0.364. The zero-order valence-electron chi connectivity index (χ0n) is 17.8. The van der Waals surface area contributed by atoms with E-state index in [1.54, 1.807) is 25.1 Å². The highest BCUT2D eigenvalue weighted by molar-refractivity contribution is 6.34. The predicted octanol–water partition coefficient (Wildman–Crippen LogP) is 5.22. The van der Waals surface area contributed by atoms with Gasteiger partial charge in [0.05, 0.1) is 29.3 Å². The Kier molecular flexibility index (Phi) is 5.70. The van der Waals surface area contributed by atoms with E-state index in [4.69, 9.17) is 16.3 Å². The molecule has 0 bridgehead atoms. The lowest BCUT2D eigenvalue weighted by atomic mass is 9.95. The van der Waals surface area contributed by atoms with Crippen LogP contribution in [0.2, 0.25) is 5.02 Å². The van der Waals surface area contributed by atoms with Crippen molar-refractivity contribution in [1.82, 2.24) is 19.6 Å². The van der Waals surface area contributed by atoms with E-state index in [1.807, 2.05) is 0 Å². The summed E-state index contributed by atoms with van der Waals surface area (Å²) in [4.78, 5) is 12.7. The molecule has 172 valence electrons. The summed E-state index contributed by atoms with van der Waals surface area (Å²) in [5.74, 6) is -1.07. The number of hydrogen-bond donors (Lipinski definition) is 0. The van der Waals surface area contributed by atoms with Crippen LogP contribution in [0.1, 0.15) is 42.1 Å². The van der Waals surface area contributed by atoms with E-state index in [1.165, 1.54) is 19.4 Å². The van der Waals surface area contributed by atoms with Gasteiger partial charge in [0.15, 0.2) is 17.2 Å². The van der Waals surface area contributed by atoms with Crippen LogP contribution in [0, 0.1) is 16.7 Å². The van der Waals surface area contributed by atoms with E-state index in [-0.39, 0.29) is 35.2 Å². The van der Waals surface area contributed by atoms with Gasteiger partial charge in [-0.1, -0.05) is 17.7 Å². The molecule has 33 heavy (non-hydrogen) atoms. The average Bonchev–Trinajstić information content (AvgIpc) is 3.20. The van der Waals surface area contributed by atoms with Gasteiger partial charge in [-0.3, -0.25) is 4.79 Å². The monoisotopic (exact) mass is 477 g/mol. The molecule has 1 aromatic carbocycles. The quantitative estimate of drug-likeness (QED) is 0.435. The number of alkyl halides is 3. The number of Topliss-reactive ketones (excluding diaryl/α,β-unsaturated/α-hetero) is 1. The highest BCUT2D eigenvalue weighted by Crippen LogP contribution is 2.49. The van der Waals surface area contributed by atoms with Gasteiger partial charge in [0.1, 0.15) is 0 Å². The fourth-order valence-corrected chi connectivity index (χ4v) is 3.85. The van der Waals surface area contributed by atoms with Crippen molar-refractivity contribution in [2.24, 2.45) is 12.5 Å². The lowest BCUT2D eigenvalue weighted by molar-refractivity contribution is -0.138. The Hall–Kier alpha value is -3.32. The van der Waals surface area contributed by atoms with Crippen molar-refractivity contribution >= 4 is 17.4 Å². The van der Waals surface area contributed by atoms with Crippen molar-refractivity contribution < 1.29 is 22.7 Å². The second-order valence-electron chi connectivity index (χ2n) is 7.92. The molecule has 2 aromatic heterocycles. The molecule has 7 nitrogen and oxygen atoms in total. The topological polar surface area (TPSA) is 85.7 Å². The molecule has 0 unspecified atom stereocenters. The van der Waals surface area contributed by atoms with Crippen molar-refractivity contribution in [3.8, 4) is 28.9 Å². The van der Waals surface area contributed by atoms with E-state index in [2.05, 4.69) is 16.3 Å². The van der Waals surface area contributed by atoms with Crippen LogP contribution in [-0.4, -0.2) is 32.0 Å². The van der Waals surface area contributed by atoms with Crippen LogP contribution in [0.25, 0.3) is 16.9 Å². The normalized spacial score (nSPS) is 14.7. The molecule has 0 amide bonds. The lowest BCUT2D eigenvalue weighted by Crippen LogP contribution is -2.13. The molecule has 1 aliphatic rings. The molecule has 11 heteroatoms. The van der Waals surface area contributed by atoms with Gasteiger partial charge in [0.25, 0.3) is 0 Å². The van der Waals surface area contributed by atoms with Gasteiger partial charge in [-0.25, -0.2) is 9.36 Å². The molecule has 2 heterocycles. The molecule has 0 aliphatic heterocycles. The summed E-state index contributed by atoms with van der Waals surface area (Å²) in [6.45, 7) is 1.60. The highest BCUT2D eigenvalue weighted by atomic mass is 35.5. The first kappa shape index (κ1) is 22.9. The van der Waals surface area contributed by atoms with Gasteiger partial charge >= 0.3 is 6.18 Å². The SMILES string of the molecule is CCOc1nn(C)c(-n2cc(-c3ccc(Cl)c(C(=O)CC4(C#N)CC4)c3)cn2)c1C(F)(F)F. The van der Waals surface area contributed by atoms with Gasteiger partial charge < -0.3 is 4.74 Å². The number of carbonyl (C=O) groups is 1. The van der Waals surface area contributed by atoms with Crippen molar-refractivity contribution in [2.75, 3.05) is 6.61 Å². The number of rotatable bonds is 7. The molecule has 4 rings (SSSR count). The second kappa shape index (κ2) is 8.23. The first-order chi connectivity index (χ1) is 15.6. The first-order valence-corrected chi connectivity index (χ1v) is 10.5. The Labute approximate surface area is 192 Å². The Morgan fingerprint density at radius 1 is 1.33 bits per heavy atom. The number of nitriles is 1. The van der Waals surface area contributed by atoms with Crippen molar-refractivity contribution in [2.45, 2.75) is 32.4 Å². The molecular weight excluding hydrogens is 459 g/mol. The van der Waals surface area contributed by atoms with E-state index in [9.17, 15) is 23.2 Å². The zero-order chi connectivity index (χ0) is 24.0. The predicted molar refractivity (Wildman–Crippen MR) is 113 cm³/mol. The maximum absolute atomic E-state index is 13.8. The number of hydrogen-bond acceptors (Lipinski definition) is 5. The van der Waals surface area contributed by atoms with Gasteiger partial charge in [-0.05, 0) is 37.5 Å². The Morgan fingerprint density at radius 3 is 2.67 bits per heavy atom. The summed E-state index contributed by atoms with van der Waals surface area (Å²) in [5.41, 5.74) is -0.350. The van der Waals surface area contributed by atoms with E-state index < -0.39 is 23.0 Å². The summed E-state index contributed by atoms with van der Waals surface area (Å²) < 4.78 is 48.5. The third kappa shape index (κ3) is 4.33. The molecule has 1 saturated carbocycles. The standard InChI is InChI=1S/C22H19ClF3N5O2/c1-3-33-19-18(22(24,25)26)20(30(2)29-19)31-11-14(10-28-31)13-4-5-16(23)15(8-13)17(32)9-21(12-27)6-7-21/h4-5,8,10-11H,3,6-7,9H2,1-2H3. The van der Waals surface area contributed by atoms with Crippen LogP contribution in [-0.2, 0) is 13.2 Å². The third-order valence-corrected chi connectivity index (χ3v) is 5.87. The molecule has 3 aromatic rings. The third-order valence-electron chi connectivity index (χ3n) is 5.54. The van der Waals surface area contributed by atoms with Gasteiger partial charge in [0, 0.05) is 30.8 Å². The average molecular weight is 478 g/mol. The minimum atomic E-state index is -4.71. The van der Waals surface area contributed by atoms with Crippen molar-refractivity contribution in [1.29, 1.82) is 5.26 Å². The molecule has 0 N–H and O–H groups in total. The van der Waals surface area contributed by atoms with E-state index in [0.29, 0.717) is 24.0 Å². The fourth-order valence-electron chi connectivity index (χ4n) is 3.63. The zero-order valence-corrected chi connectivity index (χ0v) is 18.5. The highest BCUT2D eigenvalue weighted by Gasteiger charge is 2.45. The van der Waals surface area contributed by atoms with Crippen LogP contribution in [0.3, 0.4) is 0 Å². The van der Waals surface area contributed by atoms with Crippen LogP contribution >= 0.6 is 11.6 Å². The summed E-state index contributed by atoms with van der Waals surface area (Å²) in [6, 6.07) is 6.95. The smallest absolute Gasteiger partial charge is 0.425 e. The van der Waals surface area contributed by atoms with Crippen LogP contribution in [0.5, 0.6) is 5.88 Å². The number of aromatic nitrogens is 4. The Morgan fingerprint density at radius 2 is 2.06 bits per heavy atom. The first-order valence-electron chi connectivity index (χ1n) is 10.1. The van der Waals surface area contributed by atoms with E-state index >= 15 is 0 Å². The molecule has 0 radical (unpaired) electrons. The number of benzene rings is 1. The molecule has 1 aliphatic carbocycles. The Bertz CT molecular complexity index is 1270. The summed E-state index contributed by atoms with van der Waals surface area (Å²) in [5, 5.41) is 17.4. The van der Waals surface area contributed by atoms with Gasteiger partial charge in [0.2, 0.25) is 5.88 Å². The summed E-state index contributed by atoms with van der Waals surface area (Å²) in [6.07, 6.45) is -0.472. The number of ether oxygens (including phenoxy) is 1. The molecule has 0 saturated heterocycles. The minimum Gasteiger partial charge on any atom is -0.476 e. The number of halogens is 4. The molecular formula is C22H19ClF3N5O2. The maximum atomic E-state index is 13.8. The van der Waals surface area contributed by atoms with Crippen LogP contribution < -0.4 is 4.74 Å². The number of aryl methyl sites for hydroxylation is 1. The minimum absolute atomic E-state index is 0.0263. The van der Waals surface area contributed by atoms with E-state index in [0.717, 1.165) is 9.36 Å². The van der Waals surface area contributed by atoms with Gasteiger partial charge in [-0.2, -0.15) is 23.5 Å². The van der Waals surface area contributed by atoms with Gasteiger partial charge in [-0.15, -0.1) is 5.10 Å². The van der Waals surface area contributed by atoms with Crippen molar-refractivity contribution in [3.05, 3.63) is 46.7 Å². The lowest BCUT2D eigenvalue weighted by Gasteiger charge is -2.10. The summed E-state index contributed by atoms with van der Waals surface area (Å²) in [7, 11) is 1.37. The number of nitrogens with zero attached hydrogens (tertiary/aromatic N) is 5. The maximum Gasteiger partial charge on any atom is 0.425 e. The van der Waals surface area contributed by atoms with Crippen molar-refractivity contribution in [3.63, 3.8) is 0 Å². The number of carbonyl (C=O) groups excluding carboxylic acids is 1. The largest absolute Gasteiger partial charge is 0.476 e. The second-order valence-corrected chi connectivity index (χ2v) is 8.33. The molecule has 1 fully saturated rings.